The van der Waals surface area contributed by atoms with Crippen LogP contribution in [0.25, 0.3) is 11.3 Å². The third-order valence-corrected chi connectivity index (χ3v) is 8.45. The molecule has 11 heteroatoms. The summed E-state index contributed by atoms with van der Waals surface area (Å²) in [4.78, 5) is 13.5. The minimum Gasteiger partial charge on any atom is -0.438 e. The molecule has 0 atom stereocenters. The van der Waals surface area contributed by atoms with Crippen LogP contribution in [-0.4, -0.2) is 35.5 Å². The Morgan fingerprint density at radius 3 is 2.54 bits per heavy atom. The van der Waals surface area contributed by atoms with Gasteiger partial charge in [-0.25, -0.2) is 23.4 Å². The van der Waals surface area contributed by atoms with E-state index in [2.05, 4.69) is 20.0 Å². The number of rotatable bonds is 8. The number of aryl methyl sites for hydroxylation is 1. The molecule has 2 aromatic heterocycles. The summed E-state index contributed by atoms with van der Waals surface area (Å²) in [7, 11) is -3.85. The summed E-state index contributed by atoms with van der Waals surface area (Å²) in [5, 5.41) is 3.58. The van der Waals surface area contributed by atoms with Gasteiger partial charge in [0.05, 0.1) is 16.3 Å². The zero-order valence-corrected chi connectivity index (χ0v) is 22.9. The van der Waals surface area contributed by atoms with Gasteiger partial charge in [0.25, 0.3) is 10.0 Å². The van der Waals surface area contributed by atoms with Crippen molar-refractivity contribution in [3.8, 4) is 22.9 Å². The molecular weight excluding hydrogens is 536 g/mol. The number of pyridine rings is 1. The smallest absolute Gasteiger partial charge is 0.263 e. The van der Waals surface area contributed by atoms with E-state index >= 15 is 0 Å². The minimum atomic E-state index is -3.85. The number of ether oxygens (including phenoxy) is 1. The van der Waals surface area contributed by atoms with Crippen LogP contribution < -0.4 is 20.5 Å². The van der Waals surface area contributed by atoms with Gasteiger partial charge < -0.3 is 15.8 Å². The number of nitrogens with zero attached hydrogens (tertiary/aromatic N) is 3. The van der Waals surface area contributed by atoms with Crippen molar-refractivity contribution < 1.29 is 13.2 Å². The van der Waals surface area contributed by atoms with Crippen molar-refractivity contribution in [3.63, 3.8) is 0 Å². The predicted molar refractivity (Wildman–Crippen MR) is 153 cm³/mol. The number of hydrogen-bond acceptors (Lipinski definition) is 8. The second-order valence-corrected chi connectivity index (χ2v) is 11.6. The van der Waals surface area contributed by atoms with Gasteiger partial charge in [-0.1, -0.05) is 23.7 Å². The van der Waals surface area contributed by atoms with Crippen LogP contribution in [0.15, 0.2) is 78.0 Å². The number of hydrogen-bond donors (Lipinski definition) is 3. The van der Waals surface area contributed by atoms with Gasteiger partial charge in [0, 0.05) is 30.2 Å². The number of benzene rings is 2. The number of anilines is 2. The summed E-state index contributed by atoms with van der Waals surface area (Å²) in [6.45, 7) is 1.83. The number of aromatic nitrogens is 3. The number of halogens is 1. The Balaban J connectivity index is 1.34. The van der Waals surface area contributed by atoms with Crippen LogP contribution in [-0.2, 0) is 10.0 Å². The second-order valence-electron chi connectivity index (χ2n) is 9.50. The van der Waals surface area contributed by atoms with E-state index in [4.69, 9.17) is 27.1 Å². The monoisotopic (exact) mass is 564 g/mol. The van der Waals surface area contributed by atoms with Crippen molar-refractivity contribution >= 4 is 33.3 Å². The lowest BCUT2D eigenvalue weighted by Crippen LogP contribution is -2.33. The molecule has 0 saturated heterocycles. The molecular formula is C28H29ClN6O3S. The summed E-state index contributed by atoms with van der Waals surface area (Å²) < 4.78 is 34.4. The molecule has 0 amide bonds. The first-order chi connectivity index (χ1) is 18.8. The highest BCUT2D eigenvalue weighted by atomic mass is 35.5. The van der Waals surface area contributed by atoms with Crippen molar-refractivity contribution in [3.05, 3.63) is 83.6 Å². The lowest BCUT2D eigenvalue weighted by Gasteiger charge is -2.26. The average molecular weight is 565 g/mol. The van der Waals surface area contributed by atoms with Crippen molar-refractivity contribution in [1.29, 1.82) is 0 Å². The zero-order chi connectivity index (χ0) is 27.4. The first-order valence-corrected chi connectivity index (χ1v) is 14.5. The highest BCUT2D eigenvalue weighted by molar-refractivity contribution is 7.92. The van der Waals surface area contributed by atoms with Crippen molar-refractivity contribution in [2.75, 3.05) is 10.0 Å². The van der Waals surface area contributed by atoms with Gasteiger partial charge >= 0.3 is 0 Å². The van der Waals surface area contributed by atoms with E-state index in [1.165, 1.54) is 12.1 Å². The Labute approximate surface area is 232 Å². The Morgan fingerprint density at radius 1 is 0.974 bits per heavy atom. The first kappa shape index (κ1) is 26.9. The largest absolute Gasteiger partial charge is 0.438 e. The Hall–Kier alpha value is -3.73. The summed E-state index contributed by atoms with van der Waals surface area (Å²) in [5.74, 6) is 1.45. The highest BCUT2D eigenvalue weighted by Crippen LogP contribution is 2.34. The fourth-order valence-electron chi connectivity index (χ4n) is 4.50. The fourth-order valence-corrected chi connectivity index (χ4v) is 6.07. The van der Waals surface area contributed by atoms with Crippen LogP contribution in [0.4, 0.5) is 11.6 Å². The minimum absolute atomic E-state index is 0.00791. The molecule has 4 aromatic rings. The molecule has 9 nitrogen and oxygen atoms in total. The maximum atomic E-state index is 12.8. The van der Waals surface area contributed by atoms with Crippen LogP contribution in [0.2, 0.25) is 5.02 Å². The molecule has 1 fully saturated rings. The molecule has 0 aliphatic heterocycles. The van der Waals surface area contributed by atoms with E-state index < -0.39 is 10.0 Å². The lowest BCUT2D eigenvalue weighted by molar-refractivity contribution is 0.410. The van der Waals surface area contributed by atoms with E-state index in [1.54, 1.807) is 42.7 Å². The number of nitrogens with one attached hydrogen (secondary N) is 2. The van der Waals surface area contributed by atoms with Gasteiger partial charge in [0.2, 0.25) is 11.8 Å². The van der Waals surface area contributed by atoms with Gasteiger partial charge in [-0.3, -0.25) is 4.72 Å². The molecule has 5 rings (SSSR count). The Kier molecular flexibility index (Phi) is 7.97. The zero-order valence-electron chi connectivity index (χ0n) is 21.3. The predicted octanol–water partition coefficient (Wildman–Crippen LogP) is 5.78. The van der Waals surface area contributed by atoms with Crippen LogP contribution in [0.1, 0.15) is 31.2 Å². The summed E-state index contributed by atoms with van der Waals surface area (Å²) in [6.07, 6.45) is 7.29. The second kappa shape index (κ2) is 11.6. The maximum absolute atomic E-state index is 12.8. The molecule has 1 saturated carbocycles. The van der Waals surface area contributed by atoms with Crippen molar-refractivity contribution in [1.82, 2.24) is 15.0 Å². The Bertz CT molecular complexity index is 1580. The molecule has 0 radical (unpaired) electrons. The van der Waals surface area contributed by atoms with Crippen LogP contribution >= 0.6 is 11.6 Å². The molecule has 2 aromatic carbocycles. The SMILES string of the molecule is Cc1cc(NS(=O)(=O)c2ccccc2Cl)ccc1Oc1ncccc1-c1ccnc(NC2CCC(N)CC2)n1. The third kappa shape index (κ3) is 6.47. The van der Waals surface area contributed by atoms with E-state index in [-0.39, 0.29) is 16.0 Å². The Morgan fingerprint density at radius 2 is 1.77 bits per heavy atom. The quantitative estimate of drug-likeness (QED) is 0.245. The topological polar surface area (TPSA) is 132 Å². The highest BCUT2D eigenvalue weighted by Gasteiger charge is 2.20. The molecule has 0 bridgehead atoms. The van der Waals surface area contributed by atoms with Gasteiger partial charge in [-0.2, -0.15) is 0 Å². The maximum Gasteiger partial charge on any atom is 0.263 e. The summed E-state index contributed by atoms with van der Waals surface area (Å²) >= 11 is 6.09. The van der Waals surface area contributed by atoms with Crippen LogP contribution in [0, 0.1) is 6.92 Å². The van der Waals surface area contributed by atoms with Gasteiger partial charge in [-0.15, -0.1) is 0 Å². The molecule has 39 heavy (non-hydrogen) atoms. The standard InChI is InChI=1S/C28H29ClN6O3S/c1-18-17-21(35-39(36,37)26-7-3-2-6-23(26)29)12-13-25(18)38-27-22(5-4-15-31-27)24-14-16-32-28(34-24)33-20-10-8-19(30)9-11-20/h2-7,12-17,19-20,35H,8-11,30H2,1H3,(H,32,33,34). The number of nitrogens with two attached hydrogens (primary N) is 1. The molecule has 2 heterocycles. The van der Waals surface area contributed by atoms with Crippen LogP contribution in [0.5, 0.6) is 11.6 Å². The van der Waals surface area contributed by atoms with Crippen LogP contribution in [0.3, 0.4) is 0 Å². The summed E-state index contributed by atoms with van der Waals surface area (Å²) in [5.41, 5.74) is 8.51. The van der Waals surface area contributed by atoms with E-state index in [0.29, 0.717) is 46.1 Å². The average Bonchev–Trinajstić information content (AvgIpc) is 2.92. The molecule has 0 spiro atoms. The van der Waals surface area contributed by atoms with Gasteiger partial charge in [-0.05, 0) is 86.7 Å². The fraction of sp³-hybridized carbons (Fsp3) is 0.250. The van der Waals surface area contributed by atoms with E-state index in [0.717, 1.165) is 25.7 Å². The van der Waals surface area contributed by atoms with Crippen molar-refractivity contribution in [2.24, 2.45) is 5.73 Å². The van der Waals surface area contributed by atoms with E-state index in [1.807, 2.05) is 25.1 Å². The summed E-state index contributed by atoms with van der Waals surface area (Å²) in [6, 6.07) is 17.4. The molecule has 202 valence electrons. The molecule has 0 unspecified atom stereocenters. The number of sulfonamides is 1. The lowest BCUT2D eigenvalue weighted by atomic mass is 9.92. The van der Waals surface area contributed by atoms with Gasteiger partial charge in [0.1, 0.15) is 10.6 Å². The molecule has 1 aliphatic carbocycles. The normalized spacial score (nSPS) is 17.4. The molecule has 1 aliphatic rings. The van der Waals surface area contributed by atoms with Crippen molar-refractivity contribution in [2.45, 2.75) is 49.6 Å². The van der Waals surface area contributed by atoms with Gasteiger partial charge in [0.15, 0.2) is 0 Å². The third-order valence-electron chi connectivity index (χ3n) is 6.57. The molecule has 4 N–H and O–H groups in total. The van der Waals surface area contributed by atoms with E-state index in [9.17, 15) is 8.42 Å². The first-order valence-electron chi connectivity index (χ1n) is 12.6.